The van der Waals surface area contributed by atoms with Crippen molar-refractivity contribution in [3.05, 3.63) is 35.9 Å². The van der Waals surface area contributed by atoms with Crippen molar-refractivity contribution in [3.8, 4) is 0 Å². The Bertz CT molecular complexity index is 661. The Morgan fingerprint density at radius 3 is 2.59 bits per heavy atom. The average Bonchev–Trinajstić information content (AvgIpc) is 2.73. The lowest BCUT2D eigenvalue weighted by molar-refractivity contribution is -0.149. The first kappa shape index (κ1) is 21.7. The molecule has 0 spiro atoms. The molecule has 7 heteroatoms. The van der Waals surface area contributed by atoms with E-state index in [0.717, 1.165) is 38.0 Å². The molecule has 0 radical (unpaired) electrons. The summed E-state index contributed by atoms with van der Waals surface area (Å²) in [6.45, 7) is 5.57. The molecule has 0 bridgehead atoms. The Morgan fingerprint density at radius 2 is 1.90 bits per heavy atom. The number of aliphatic hydroxyl groups is 1. The monoisotopic (exact) mass is 403 g/mol. The Kier molecular flexibility index (Phi) is 8.03. The summed E-state index contributed by atoms with van der Waals surface area (Å²) in [6, 6.07) is 9.97. The Morgan fingerprint density at radius 1 is 1.17 bits per heavy atom. The third kappa shape index (κ3) is 6.26. The van der Waals surface area contributed by atoms with Gasteiger partial charge >= 0.3 is 0 Å². The van der Waals surface area contributed by atoms with Crippen molar-refractivity contribution in [1.82, 2.24) is 15.1 Å². The van der Waals surface area contributed by atoms with E-state index < -0.39 is 0 Å². The summed E-state index contributed by atoms with van der Waals surface area (Å²) in [5, 5.41) is 12.5. The highest BCUT2D eigenvalue weighted by atomic mass is 16.5. The molecule has 7 nitrogen and oxygen atoms in total. The molecule has 2 aliphatic heterocycles. The van der Waals surface area contributed by atoms with Crippen LogP contribution in [0.25, 0.3) is 0 Å². The molecule has 3 rings (SSSR count). The van der Waals surface area contributed by atoms with Crippen molar-refractivity contribution in [2.75, 3.05) is 39.3 Å². The number of aliphatic hydroxyl groups excluding tert-OH is 1. The molecule has 2 N–H and O–H groups in total. The van der Waals surface area contributed by atoms with Gasteiger partial charge in [-0.15, -0.1) is 0 Å². The van der Waals surface area contributed by atoms with E-state index in [4.69, 9.17) is 4.74 Å². The fourth-order valence-electron chi connectivity index (χ4n) is 4.21. The molecule has 29 heavy (non-hydrogen) atoms. The molecule has 2 saturated heterocycles. The lowest BCUT2D eigenvalue weighted by Gasteiger charge is -2.44. The third-order valence-corrected chi connectivity index (χ3v) is 5.75. The number of benzene rings is 1. The molecule has 0 aromatic heterocycles. The smallest absolute Gasteiger partial charge is 0.223 e. The second kappa shape index (κ2) is 10.7. The van der Waals surface area contributed by atoms with Crippen LogP contribution in [-0.4, -0.2) is 78.3 Å². The number of rotatable bonds is 7. The topological polar surface area (TPSA) is 82.1 Å². The molecule has 160 valence electrons. The van der Waals surface area contributed by atoms with Crippen molar-refractivity contribution in [3.63, 3.8) is 0 Å². The Balaban J connectivity index is 1.69. The zero-order valence-electron chi connectivity index (χ0n) is 17.3. The number of carbonyl (C=O) groups excluding carboxylic acids is 2. The standard InChI is InChI=1S/C22H33N3O4/c1-17(26)23-11-5-8-21(28)25-14-15-29-20(16-24-12-9-19(27)10-13-24)22(25)18-6-3-2-4-7-18/h2-4,6-7,19-20,22,27H,5,8-16H2,1H3,(H,23,26)/t20-,22-/m0/s1. The highest BCUT2D eigenvalue weighted by Gasteiger charge is 2.37. The quantitative estimate of drug-likeness (QED) is 0.671. The first-order valence-corrected chi connectivity index (χ1v) is 10.7. The van der Waals surface area contributed by atoms with E-state index in [0.29, 0.717) is 32.5 Å². The third-order valence-electron chi connectivity index (χ3n) is 5.75. The van der Waals surface area contributed by atoms with E-state index in [9.17, 15) is 14.7 Å². The SMILES string of the molecule is CC(=O)NCCCC(=O)N1CCO[C@@H](CN2CCC(O)CC2)[C@@H]1c1ccccc1. The van der Waals surface area contributed by atoms with Crippen molar-refractivity contribution in [1.29, 1.82) is 0 Å². The molecule has 0 unspecified atom stereocenters. The van der Waals surface area contributed by atoms with Gasteiger partial charge in [0.1, 0.15) is 0 Å². The largest absolute Gasteiger partial charge is 0.393 e. The lowest BCUT2D eigenvalue weighted by Crippen LogP contribution is -2.52. The van der Waals surface area contributed by atoms with Crippen molar-refractivity contribution < 1.29 is 19.4 Å². The van der Waals surface area contributed by atoms with Gasteiger partial charge in [0.15, 0.2) is 0 Å². The van der Waals surface area contributed by atoms with Gasteiger partial charge < -0.3 is 25.0 Å². The summed E-state index contributed by atoms with van der Waals surface area (Å²) in [6.07, 6.45) is 2.31. The van der Waals surface area contributed by atoms with E-state index in [1.165, 1.54) is 6.92 Å². The van der Waals surface area contributed by atoms with Crippen LogP contribution < -0.4 is 5.32 Å². The number of amides is 2. The molecule has 1 aromatic carbocycles. The van der Waals surface area contributed by atoms with Gasteiger partial charge in [0.05, 0.1) is 24.9 Å². The van der Waals surface area contributed by atoms with Gasteiger partial charge in [-0.1, -0.05) is 30.3 Å². The Hall–Kier alpha value is -1.96. The van der Waals surface area contributed by atoms with Crippen LogP contribution in [0.15, 0.2) is 30.3 Å². The minimum atomic E-state index is -0.204. The number of likely N-dealkylation sites (tertiary alicyclic amines) is 1. The van der Waals surface area contributed by atoms with E-state index in [1.54, 1.807) is 0 Å². The molecule has 2 fully saturated rings. The van der Waals surface area contributed by atoms with Gasteiger partial charge in [-0.05, 0) is 24.8 Å². The van der Waals surface area contributed by atoms with Crippen LogP contribution in [0.2, 0.25) is 0 Å². The number of piperidine rings is 1. The predicted octanol–water partition coefficient (Wildman–Crippen LogP) is 1.33. The maximum atomic E-state index is 13.0. The summed E-state index contributed by atoms with van der Waals surface area (Å²) in [7, 11) is 0. The highest BCUT2D eigenvalue weighted by Crippen LogP contribution is 2.31. The summed E-state index contributed by atoms with van der Waals surface area (Å²) in [5.41, 5.74) is 1.09. The zero-order valence-corrected chi connectivity index (χ0v) is 17.3. The van der Waals surface area contributed by atoms with E-state index >= 15 is 0 Å². The fourth-order valence-corrected chi connectivity index (χ4v) is 4.21. The molecule has 2 heterocycles. The molecule has 0 saturated carbocycles. The number of carbonyl (C=O) groups is 2. The van der Waals surface area contributed by atoms with Crippen LogP contribution in [0.5, 0.6) is 0 Å². The van der Waals surface area contributed by atoms with Gasteiger partial charge in [-0.25, -0.2) is 0 Å². The molecule has 2 aliphatic rings. The summed E-state index contributed by atoms with van der Waals surface area (Å²) in [5.74, 6) is 0.0317. The summed E-state index contributed by atoms with van der Waals surface area (Å²) in [4.78, 5) is 28.3. The number of morpholine rings is 1. The summed E-state index contributed by atoms with van der Waals surface area (Å²) >= 11 is 0. The first-order chi connectivity index (χ1) is 14.0. The second-order valence-electron chi connectivity index (χ2n) is 7.97. The van der Waals surface area contributed by atoms with Crippen LogP contribution in [-0.2, 0) is 14.3 Å². The number of hydrogen-bond donors (Lipinski definition) is 2. The molecule has 1 aromatic rings. The van der Waals surface area contributed by atoms with E-state index in [1.807, 2.05) is 23.1 Å². The predicted molar refractivity (Wildman–Crippen MR) is 110 cm³/mol. The van der Waals surface area contributed by atoms with Crippen LogP contribution in [0.1, 0.15) is 44.2 Å². The van der Waals surface area contributed by atoms with Crippen LogP contribution in [0.4, 0.5) is 0 Å². The fraction of sp³-hybridized carbons (Fsp3) is 0.636. The normalized spacial score (nSPS) is 23.7. The van der Waals surface area contributed by atoms with E-state index in [-0.39, 0.29) is 30.1 Å². The minimum Gasteiger partial charge on any atom is -0.393 e. The van der Waals surface area contributed by atoms with E-state index in [2.05, 4.69) is 22.3 Å². The average molecular weight is 404 g/mol. The maximum Gasteiger partial charge on any atom is 0.223 e. The van der Waals surface area contributed by atoms with Gasteiger partial charge in [-0.3, -0.25) is 9.59 Å². The molecular weight excluding hydrogens is 370 g/mol. The van der Waals surface area contributed by atoms with Crippen molar-refractivity contribution in [2.24, 2.45) is 0 Å². The molecular formula is C22H33N3O4. The van der Waals surface area contributed by atoms with Crippen molar-refractivity contribution >= 4 is 11.8 Å². The molecule has 0 aliphatic carbocycles. The number of nitrogens with one attached hydrogen (secondary N) is 1. The number of hydrogen-bond acceptors (Lipinski definition) is 5. The van der Waals surface area contributed by atoms with Crippen LogP contribution >= 0.6 is 0 Å². The van der Waals surface area contributed by atoms with Crippen molar-refractivity contribution in [2.45, 2.75) is 50.9 Å². The van der Waals surface area contributed by atoms with Gasteiger partial charge in [0.25, 0.3) is 0 Å². The zero-order chi connectivity index (χ0) is 20.6. The first-order valence-electron chi connectivity index (χ1n) is 10.7. The lowest BCUT2D eigenvalue weighted by atomic mass is 9.96. The Labute approximate surface area is 173 Å². The molecule has 2 amide bonds. The second-order valence-corrected chi connectivity index (χ2v) is 7.97. The minimum absolute atomic E-state index is 0.0716. The van der Waals surface area contributed by atoms with Gasteiger partial charge in [-0.2, -0.15) is 0 Å². The highest BCUT2D eigenvalue weighted by molar-refractivity contribution is 5.77. The van der Waals surface area contributed by atoms with Gasteiger partial charge in [0, 0.05) is 46.1 Å². The summed E-state index contributed by atoms with van der Waals surface area (Å²) < 4.78 is 6.16. The number of nitrogens with zero attached hydrogens (tertiary/aromatic N) is 2. The molecule has 2 atom stereocenters. The van der Waals surface area contributed by atoms with Gasteiger partial charge in [0.2, 0.25) is 11.8 Å². The maximum absolute atomic E-state index is 13.0. The van der Waals surface area contributed by atoms with Crippen LogP contribution in [0, 0.1) is 0 Å². The number of ether oxygens (including phenoxy) is 1. The van der Waals surface area contributed by atoms with Crippen LogP contribution in [0.3, 0.4) is 0 Å².